The molecule has 0 radical (unpaired) electrons. The maximum absolute atomic E-state index is 12.8. The van der Waals surface area contributed by atoms with Crippen LogP contribution >= 0.6 is 0 Å². The van der Waals surface area contributed by atoms with Crippen LogP contribution in [0.5, 0.6) is 0 Å². The van der Waals surface area contributed by atoms with Gasteiger partial charge in [0.1, 0.15) is 5.69 Å². The molecule has 0 aliphatic carbocycles. The molecule has 1 amide bonds. The van der Waals surface area contributed by atoms with Crippen LogP contribution in [-0.4, -0.2) is 39.4 Å². The maximum atomic E-state index is 12.8. The van der Waals surface area contributed by atoms with Crippen LogP contribution in [0, 0.1) is 20.8 Å². The minimum atomic E-state index is -0.122. The van der Waals surface area contributed by atoms with E-state index < -0.39 is 0 Å². The summed E-state index contributed by atoms with van der Waals surface area (Å²) in [5, 5.41) is 3.23. The van der Waals surface area contributed by atoms with Crippen molar-refractivity contribution in [2.24, 2.45) is 0 Å². The second-order valence-electron chi connectivity index (χ2n) is 6.99. The Labute approximate surface area is 165 Å². The molecule has 0 spiro atoms. The lowest BCUT2D eigenvalue weighted by Crippen LogP contribution is -2.30. The molecule has 1 N–H and O–H groups in total. The van der Waals surface area contributed by atoms with Crippen LogP contribution in [0.1, 0.15) is 32.9 Å². The van der Waals surface area contributed by atoms with Crippen molar-refractivity contribution in [3.8, 4) is 0 Å². The van der Waals surface area contributed by atoms with Crippen molar-refractivity contribution in [1.82, 2.24) is 19.9 Å². The lowest BCUT2D eigenvalue weighted by atomic mass is 10.1. The normalized spacial score (nSPS) is 10.6. The van der Waals surface area contributed by atoms with Gasteiger partial charge in [-0.25, -0.2) is 9.97 Å². The van der Waals surface area contributed by atoms with Crippen molar-refractivity contribution < 1.29 is 4.79 Å². The second-order valence-corrected chi connectivity index (χ2v) is 6.99. The predicted octanol–water partition coefficient (Wildman–Crippen LogP) is 3.86. The van der Waals surface area contributed by atoms with E-state index in [2.05, 4.69) is 33.3 Å². The molecule has 6 heteroatoms. The molecule has 0 fully saturated rings. The number of carbonyl (C=O) groups is 1. The van der Waals surface area contributed by atoms with E-state index >= 15 is 0 Å². The Kier molecular flexibility index (Phi) is 5.99. The van der Waals surface area contributed by atoms with E-state index in [1.165, 1.54) is 5.56 Å². The zero-order valence-corrected chi connectivity index (χ0v) is 16.7. The molecule has 0 aliphatic rings. The summed E-state index contributed by atoms with van der Waals surface area (Å²) >= 11 is 0. The molecule has 28 heavy (non-hydrogen) atoms. The summed E-state index contributed by atoms with van der Waals surface area (Å²) in [5.41, 5.74) is 5.50. The average molecular weight is 375 g/mol. The van der Waals surface area contributed by atoms with E-state index in [-0.39, 0.29) is 5.91 Å². The quantitative estimate of drug-likeness (QED) is 0.708. The lowest BCUT2D eigenvalue weighted by molar-refractivity contribution is 0.0790. The third kappa shape index (κ3) is 4.91. The summed E-state index contributed by atoms with van der Waals surface area (Å²) < 4.78 is 0. The zero-order chi connectivity index (χ0) is 20.1. The number of hydrogen-bond acceptors (Lipinski definition) is 5. The molecular formula is C22H25N5O. The summed E-state index contributed by atoms with van der Waals surface area (Å²) in [6, 6.07) is 11.8. The molecule has 0 atom stereocenters. The Bertz CT molecular complexity index is 972. The summed E-state index contributed by atoms with van der Waals surface area (Å²) in [6.45, 7) is 6.55. The van der Waals surface area contributed by atoms with Gasteiger partial charge < -0.3 is 10.2 Å². The molecule has 2 aromatic heterocycles. The largest absolute Gasteiger partial charge is 0.340 e. The first-order chi connectivity index (χ1) is 13.4. The van der Waals surface area contributed by atoms with Gasteiger partial charge in [-0.3, -0.25) is 9.78 Å². The van der Waals surface area contributed by atoms with Gasteiger partial charge in [0.15, 0.2) is 0 Å². The number of nitrogens with one attached hydrogen (secondary N) is 1. The van der Waals surface area contributed by atoms with Crippen LogP contribution in [0.25, 0.3) is 0 Å². The fourth-order valence-electron chi connectivity index (χ4n) is 2.95. The Morgan fingerprint density at radius 1 is 1.04 bits per heavy atom. The SMILES string of the molecule is Cc1ccc(Nc2nc(C)cc(C(=O)N(C)CCc3ccncc3)n2)c(C)c1. The Morgan fingerprint density at radius 3 is 2.50 bits per heavy atom. The van der Waals surface area contributed by atoms with Crippen molar-refractivity contribution in [2.75, 3.05) is 18.9 Å². The third-order valence-corrected chi connectivity index (χ3v) is 4.53. The number of amides is 1. The van der Waals surface area contributed by atoms with E-state index in [0.29, 0.717) is 18.2 Å². The molecule has 3 aromatic rings. The number of aromatic nitrogens is 3. The number of pyridine rings is 1. The molecule has 0 unspecified atom stereocenters. The molecule has 0 saturated carbocycles. The van der Waals surface area contributed by atoms with Gasteiger partial charge >= 0.3 is 0 Å². The number of hydrogen-bond donors (Lipinski definition) is 1. The predicted molar refractivity (Wildman–Crippen MR) is 111 cm³/mol. The van der Waals surface area contributed by atoms with Gasteiger partial charge in [0, 0.05) is 37.4 Å². The molecule has 0 aliphatic heterocycles. The third-order valence-electron chi connectivity index (χ3n) is 4.53. The highest BCUT2D eigenvalue weighted by atomic mass is 16.2. The van der Waals surface area contributed by atoms with Gasteiger partial charge in [-0.05, 0) is 62.6 Å². The van der Waals surface area contributed by atoms with Crippen LogP contribution in [-0.2, 0) is 6.42 Å². The number of anilines is 2. The van der Waals surface area contributed by atoms with Gasteiger partial charge in [-0.15, -0.1) is 0 Å². The van der Waals surface area contributed by atoms with Crippen LogP contribution in [0.15, 0.2) is 48.8 Å². The van der Waals surface area contributed by atoms with Crippen LogP contribution in [0.2, 0.25) is 0 Å². The van der Waals surface area contributed by atoms with Gasteiger partial charge in [0.25, 0.3) is 5.91 Å². The number of nitrogens with zero attached hydrogens (tertiary/aromatic N) is 4. The highest BCUT2D eigenvalue weighted by Crippen LogP contribution is 2.20. The molecule has 144 valence electrons. The second kappa shape index (κ2) is 8.61. The summed E-state index contributed by atoms with van der Waals surface area (Å²) in [6.07, 6.45) is 4.29. The molecular weight excluding hydrogens is 350 g/mol. The summed E-state index contributed by atoms with van der Waals surface area (Å²) in [5.74, 6) is 0.307. The minimum Gasteiger partial charge on any atom is -0.340 e. The number of benzene rings is 1. The van der Waals surface area contributed by atoms with E-state index in [4.69, 9.17) is 0 Å². The first-order valence-corrected chi connectivity index (χ1v) is 9.26. The monoisotopic (exact) mass is 375 g/mol. The first-order valence-electron chi connectivity index (χ1n) is 9.26. The molecule has 6 nitrogen and oxygen atoms in total. The van der Waals surface area contributed by atoms with Crippen molar-refractivity contribution in [2.45, 2.75) is 27.2 Å². The van der Waals surface area contributed by atoms with Gasteiger partial charge in [0.05, 0.1) is 0 Å². The van der Waals surface area contributed by atoms with Crippen LogP contribution < -0.4 is 5.32 Å². The highest BCUT2D eigenvalue weighted by Gasteiger charge is 2.15. The lowest BCUT2D eigenvalue weighted by Gasteiger charge is -2.17. The number of carbonyl (C=O) groups excluding carboxylic acids is 1. The summed E-state index contributed by atoms with van der Waals surface area (Å²) in [7, 11) is 1.79. The van der Waals surface area contributed by atoms with Crippen molar-refractivity contribution in [3.05, 3.63) is 76.9 Å². The maximum Gasteiger partial charge on any atom is 0.272 e. The van der Waals surface area contributed by atoms with Crippen LogP contribution in [0.3, 0.4) is 0 Å². The fourth-order valence-corrected chi connectivity index (χ4v) is 2.95. The van der Waals surface area contributed by atoms with Gasteiger partial charge in [-0.1, -0.05) is 17.7 Å². The van der Waals surface area contributed by atoms with Crippen LogP contribution in [0.4, 0.5) is 11.6 Å². The molecule has 3 rings (SSSR count). The average Bonchev–Trinajstić information content (AvgIpc) is 2.68. The van der Waals surface area contributed by atoms with Gasteiger partial charge in [-0.2, -0.15) is 0 Å². The molecule has 1 aromatic carbocycles. The van der Waals surface area contributed by atoms with Crippen molar-refractivity contribution in [3.63, 3.8) is 0 Å². The number of aryl methyl sites for hydroxylation is 3. The molecule has 2 heterocycles. The fraction of sp³-hybridized carbons (Fsp3) is 0.273. The Balaban J connectivity index is 1.73. The van der Waals surface area contributed by atoms with E-state index in [0.717, 1.165) is 28.9 Å². The van der Waals surface area contributed by atoms with E-state index in [1.807, 2.05) is 38.1 Å². The summed E-state index contributed by atoms with van der Waals surface area (Å²) in [4.78, 5) is 27.4. The van der Waals surface area contributed by atoms with Crippen molar-refractivity contribution >= 4 is 17.5 Å². The minimum absolute atomic E-state index is 0.122. The standard InChI is InChI=1S/C22H25N5O/c1-15-5-6-19(16(2)13-15)25-22-24-17(3)14-20(26-22)21(28)27(4)12-9-18-7-10-23-11-8-18/h5-8,10-11,13-14H,9,12H2,1-4H3,(H,24,25,26). The van der Waals surface area contributed by atoms with E-state index in [1.54, 1.807) is 30.4 Å². The highest BCUT2D eigenvalue weighted by molar-refractivity contribution is 5.92. The Hall–Kier alpha value is -3.28. The smallest absolute Gasteiger partial charge is 0.272 e. The molecule has 0 saturated heterocycles. The Morgan fingerprint density at radius 2 is 1.79 bits per heavy atom. The zero-order valence-electron chi connectivity index (χ0n) is 16.7. The van der Waals surface area contributed by atoms with E-state index in [9.17, 15) is 4.79 Å². The molecule has 0 bridgehead atoms. The number of rotatable bonds is 6. The van der Waals surface area contributed by atoms with Gasteiger partial charge in [0.2, 0.25) is 5.95 Å². The number of likely N-dealkylation sites (N-methyl/N-ethyl adjacent to an activating group) is 1. The topological polar surface area (TPSA) is 71.0 Å². The first kappa shape index (κ1) is 19.5. The van der Waals surface area contributed by atoms with Crippen molar-refractivity contribution in [1.29, 1.82) is 0 Å².